The van der Waals surface area contributed by atoms with Gasteiger partial charge >= 0.3 is 12.0 Å². The lowest BCUT2D eigenvalue weighted by atomic mass is 10.2. The third kappa shape index (κ3) is 5.29. The number of urea groups is 1. The first-order valence-corrected chi connectivity index (χ1v) is 8.94. The molecule has 28 heavy (non-hydrogen) atoms. The van der Waals surface area contributed by atoms with Gasteiger partial charge in [0.05, 0.1) is 0 Å². The zero-order valence-corrected chi connectivity index (χ0v) is 15.1. The molecule has 3 N–H and O–H groups in total. The molecule has 8 heteroatoms. The molecule has 0 spiro atoms. The van der Waals surface area contributed by atoms with Crippen LogP contribution in [0.3, 0.4) is 0 Å². The molecule has 7 nitrogen and oxygen atoms in total. The van der Waals surface area contributed by atoms with Crippen molar-refractivity contribution in [1.29, 1.82) is 0 Å². The maximum atomic E-state index is 13.3. The Kier molecular flexibility index (Phi) is 6.21. The second kappa shape index (κ2) is 8.98. The summed E-state index contributed by atoms with van der Waals surface area (Å²) in [5.74, 6) is -0.861. The highest BCUT2D eigenvalue weighted by atomic mass is 19.1. The van der Waals surface area contributed by atoms with Crippen LogP contribution >= 0.6 is 0 Å². The van der Waals surface area contributed by atoms with Gasteiger partial charge in [0.2, 0.25) is 5.89 Å². The highest BCUT2D eigenvalue weighted by Gasteiger charge is 2.10. The Labute approximate surface area is 160 Å². The number of aromatic nitrogens is 1. The van der Waals surface area contributed by atoms with Crippen molar-refractivity contribution >= 4 is 28.8 Å². The predicted molar refractivity (Wildman–Crippen MR) is 103 cm³/mol. The molecular formula is C20H20FN3O4. The number of halogens is 1. The molecule has 1 heterocycles. The van der Waals surface area contributed by atoms with Crippen LogP contribution in [0.2, 0.25) is 0 Å². The highest BCUT2D eigenvalue weighted by Crippen LogP contribution is 2.26. The van der Waals surface area contributed by atoms with Gasteiger partial charge in [-0.25, -0.2) is 14.2 Å². The number of amides is 2. The molecule has 0 unspecified atom stereocenters. The number of hydrogen-bond donors (Lipinski definition) is 3. The number of benzene rings is 2. The molecule has 0 fully saturated rings. The molecule has 0 aliphatic carbocycles. The van der Waals surface area contributed by atoms with Crippen molar-refractivity contribution in [2.45, 2.75) is 25.7 Å². The molecule has 0 bridgehead atoms. The fourth-order valence-electron chi connectivity index (χ4n) is 2.71. The Morgan fingerprint density at radius 2 is 1.96 bits per heavy atom. The standard InChI is InChI=1S/C20H20FN3O4/c21-14-8-9-17-16(12-14)24-19(28-17)13-5-4-6-15(11-13)23-20(27)22-10-3-1-2-7-18(25)26/h4-6,8-9,11-12H,1-3,7,10H2,(H,25,26)(H2,22,23,27). The largest absolute Gasteiger partial charge is 0.481 e. The van der Waals surface area contributed by atoms with Crippen LogP contribution in [0.25, 0.3) is 22.6 Å². The topological polar surface area (TPSA) is 104 Å². The monoisotopic (exact) mass is 385 g/mol. The van der Waals surface area contributed by atoms with Crippen molar-refractivity contribution < 1.29 is 23.5 Å². The van der Waals surface area contributed by atoms with Crippen molar-refractivity contribution in [3.63, 3.8) is 0 Å². The average molecular weight is 385 g/mol. The summed E-state index contributed by atoms with van der Waals surface area (Å²) in [5, 5.41) is 14.0. The molecule has 0 saturated heterocycles. The first kappa shape index (κ1) is 19.3. The van der Waals surface area contributed by atoms with E-state index in [2.05, 4.69) is 15.6 Å². The van der Waals surface area contributed by atoms with Crippen LogP contribution in [0.1, 0.15) is 25.7 Å². The van der Waals surface area contributed by atoms with Crippen LogP contribution in [-0.4, -0.2) is 28.6 Å². The van der Waals surface area contributed by atoms with Crippen LogP contribution in [0, 0.1) is 5.82 Å². The lowest BCUT2D eigenvalue weighted by Crippen LogP contribution is -2.29. The number of anilines is 1. The van der Waals surface area contributed by atoms with E-state index in [0.29, 0.717) is 47.6 Å². The summed E-state index contributed by atoms with van der Waals surface area (Å²) in [5.41, 5.74) is 2.13. The molecule has 0 saturated carbocycles. The summed E-state index contributed by atoms with van der Waals surface area (Å²) in [6, 6.07) is 10.8. The summed E-state index contributed by atoms with van der Waals surface area (Å²) < 4.78 is 18.9. The normalized spacial score (nSPS) is 10.8. The summed E-state index contributed by atoms with van der Waals surface area (Å²) in [6.07, 6.45) is 2.18. The molecule has 0 radical (unpaired) electrons. The molecule has 1 aromatic heterocycles. The fraction of sp³-hybridized carbons (Fsp3) is 0.250. The van der Waals surface area contributed by atoms with Crippen LogP contribution in [-0.2, 0) is 4.79 Å². The van der Waals surface area contributed by atoms with E-state index in [-0.39, 0.29) is 18.3 Å². The number of fused-ring (bicyclic) bond motifs is 1. The van der Waals surface area contributed by atoms with Crippen molar-refractivity contribution in [3.8, 4) is 11.5 Å². The number of nitrogens with one attached hydrogen (secondary N) is 2. The number of aliphatic carboxylic acids is 1. The van der Waals surface area contributed by atoms with Crippen LogP contribution in [0.5, 0.6) is 0 Å². The highest BCUT2D eigenvalue weighted by molar-refractivity contribution is 5.90. The van der Waals surface area contributed by atoms with Gasteiger partial charge in [-0.15, -0.1) is 0 Å². The van der Waals surface area contributed by atoms with E-state index in [1.807, 2.05) is 0 Å². The van der Waals surface area contributed by atoms with Gasteiger partial charge in [-0.2, -0.15) is 0 Å². The molecule has 2 aromatic carbocycles. The fourth-order valence-corrected chi connectivity index (χ4v) is 2.71. The summed E-state index contributed by atoms with van der Waals surface area (Å²) in [4.78, 5) is 26.7. The lowest BCUT2D eigenvalue weighted by molar-refractivity contribution is -0.137. The Hall–Kier alpha value is -3.42. The Balaban J connectivity index is 1.55. The number of rotatable bonds is 8. The molecule has 146 valence electrons. The number of unbranched alkanes of at least 4 members (excludes halogenated alkanes) is 2. The van der Waals surface area contributed by atoms with Gasteiger partial charge in [0, 0.05) is 30.3 Å². The molecule has 0 atom stereocenters. The van der Waals surface area contributed by atoms with Gasteiger partial charge in [0.15, 0.2) is 5.58 Å². The van der Waals surface area contributed by atoms with E-state index in [0.717, 1.165) is 6.42 Å². The average Bonchev–Trinajstić information content (AvgIpc) is 3.08. The number of nitrogens with zero attached hydrogens (tertiary/aromatic N) is 1. The third-order valence-corrected chi connectivity index (χ3v) is 4.07. The molecule has 3 aromatic rings. The quantitative estimate of drug-likeness (QED) is 0.499. The minimum Gasteiger partial charge on any atom is -0.481 e. The Morgan fingerprint density at radius 1 is 1.11 bits per heavy atom. The zero-order chi connectivity index (χ0) is 19.9. The zero-order valence-electron chi connectivity index (χ0n) is 15.1. The third-order valence-electron chi connectivity index (χ3n) is 4.07. The van der Waals surface area contributed by atoms with Gasteiger partial charge in [0.25, 0.3) is 0 Å². The molecule has 2 amide bonds. The van der Waals surface area contributed by atoms with Gasteiger partial charge in [0.1, 0.15) is 11.3 Å². The number of carbonyl (C=O) groups is 2. The predicted octanol–water partition coefficient (Wildman–Crippen LogP) is 4.40. The van der Waals surface area contributed by atoms with E-state index in [4.69, 9.17) is 9.52 Å². The first-order chi connectivity index (χ1) is 13.5. The molecule has 3 rings (SSSR count). The van der Waals surface area contributed by atoms with Crippen LogP contribution < -0.4 is 10.6 Å². The van der Waals surface area contributed by atoms with Crippen molar-refractivity contribution in [2.24, 2.45) is 0 Å². The number of hydrogen-bond acceptors (Lipinski definition) is 4. The smallest absolute Gasteiger partial charge is 0.319 e. The van der Waals surface area contributed by atoms with E-state index < -0.39 is 5.97 Å². The van der Waals surface area contributed by atoms with Gasteiger partial charge in [-0.1, -0.05) is 12.5 Å². The van der Waals surface area contributed by atoms with Gasteiger partial charge in [-0.05, 0) is 43.2 Å². The SMILES string of the molecule is O=C(O)CCCCCNC(=O)Nc1cccc(-c2nc3cc(F)ccc3o2)c1. The number of carboxylic acid groups (broad SMARTS) is 1. The lowest BCUT2D eigenvalue weighted by Gasteiger charge is -2.08. The van der Waals surface area contributed by atoms with Crippen molar-refractivity contribution in [2.75, 3.05) is 11.9 Å². The maximum absolute atomic E-state index is 13.3. The van der Waals surface area contributed by atoms with Crippen LogP contribution in [0.4, 0.5) is 14.9 Å². The molecule has 0 aliphatic heterocycles. The molecular weight excluding hydrogens is 365 g/mol. The number of oxazole rings is 1. The minimum absolute atomic E-state index is 0.140. The van der Waals surface area contributed by atoms with E-state index in [1.165, 1.54) is 18.2 Å². The Morgan fingerprint density at radius 3 is 2.79 bits per heavy atom. The summed E-state index contributed by atoms with van der Waals surface area (Å²) >= 11 is 0. The minimum atomic E-state index is -0.810. The Bertz CT molecular complexity index is 986. The van der Waals surface area contributed by atoms with Gasteiger partial charge in [-0.3, -0.25) is 4.79 Å². The molecule has 0 aliphatic rings. The second-order valence-electron chi connectivity index (χ2n) is 6.30. The number of carbonyl (C=O) groups excluding carboxylic acids is 1. The van der Waals surface area contributed by atoms with Gasteiger partial charge < -0.3 is 20.2 Å². The van der Waals surface area contributed by atoms with Crippen molar-refractivity contribution in [1.82, 2.24) is 10.3 Å². The summed E-state index contributed by atoms with van der Waals surface area (Å²) in [7, 11) is 0. The van der Waals surface area contributed by atoms with E-state index in [1.54, 1.807) is 24.3 Å². The van der Waals surface area contributed by atoms with Crippen molar-refractivity contribution in [3.05, 3.63) is 48.3 Å². The van der Waals surface area contributed by atoms with E-state index in [9.17, 15) is 14.0 Å². The summed E-state index contributed by atoms with van der Waals surface area (Å²) in [6.45, 7) is 0.460. The first-order valence-electron chi connectivity index (χ1n) is 8.94. The number of carboxylic acids is 1. The van der Waals surface area contributed by atoms with Crippen LogP contribution in [0.15, 0.2) is 46.9 Å². The van der Waals surface area contributed by atoms with E-state index >= 15 is 0 Å². The second-order valence-corrected chi connectivity index (χ2v) is 6.30. The maximum Gasteiger partial charge on any atom is 0.319 e.